The first-order valence-corrected chi connectivity index (χ1v) is 12.5. The number of carbonyl (C=O) groups is 1. The molecule has 5 unspecified atom stereocenters. The molecule has 31 heavy (non-hydrogen) atoms. The predicted octanol–water partition coefficient (Wildman–Crippen LogP) is 2.83. The van der Waals surface area contributed by atoms with Crippen molar-refractivity contribution in [2.75, 3.05) is 0 Å². The number of carbonyl (C=O) groups excluding carboxylic acids is 1. The average molecular weight is 441 g/mol. The maximum absolute atomic E-state index is 13.0. The Morgan fingerprint density at radius 1 is 1.03 bits per heavy atom. The van der Waals surface area contributed by atoms with Gasteiger partial charge in [0.05, 0.1) is 16.8 Å². The van der Waals surface area contributed by atoms with Crippen LogP contribution in [0.4, 0.5) is 0 Å². The molecular weight excluding hydrogens is 412 g/mol. The number of hydrogen-bond acceptors (Lipinski definition) is 5. The van der Waals surface area contributed by atoms with Crippen LogP contribution in [0.2, 0.25) is 0 Å². The second-order valence-corrected chi connectivity index (χ2v) is 11.3. The number of rotatable bonds is 5. The molecular formula is C23H28N4O3S. The molecule has 3 aliphatic carbocycles. The van der Waals surface area contributed by atoms with Gasteiger partial charge in [-0.2, -0.15) is 0 Å². The van der Waals surface area contributed by atoms with Gasteiger partial charge in [0.15, 0.2) is 0 Å². The first kappa shape index (κ1) is 20.6. The third-order valence-corrected chi connectivity index (χ3v) is 8.81. The second kappa shape index (κ2) is 7.67. The first-order chi connectivity index (χ1) is 14.8. The lowest BCUT2D eigenvalue weighted by atomic mass is 9.75. The van der Waals surface area contributed by atoms with Crippen molar-refractivity contribution >= 4 is 15.9 Å². The van der Waals surface area contributed by atoms with Gasteiger partial charge in [0.1, 0.15) is 5.69 Å². The first-order valence-electron chi connectivity index (χ1n) is 11.0. The standard InChI is InChI=1S/C23H28N4O3S/c1-15-13-24-14-21(25-15)22(28)26-19-8-16-7-17-11-23(10-16,12-18(17)9-19)27-31(29,30)20-5-3-2-4-6-20/h2-6,13-14,16-19,27H,7-12H2,1H3,(H,26,28). The molecule has 3 saturated carbocycles. The zero-order valence-electron chi connectivity index (χ0n) is 17.6. The van der Waals surface area contributed by atoms with E-state index in [1.165, 1.54) is 6.20 Å². The fraction of sp³-hybridized carbons (Fsp3) is 0.522. The number of amides is 1. The summed E-state index contributed by atoms with van der Waals surface area (Å²) in [5.41, 5.74) is 0.717. The normalized spacial score (nSPS) is 31.9. The van der Waals surface area contributed by atoms with Crippen LogP contribution in [0.1, 0.15) is 54.7 Å². The van der Waals surface area contributed by atoms with Gasteiger partial charge in [-0.15, -0.1) is 0 Å². The van der Waals surface area contributed by atoms with E-state index in [1.54, 1.807) is 30.5 Å². The van der Waals surface area contributed by atoms with E-state index >= 15 is 0 Å². The highest BCUT2D eigenvalue weighted by molar-refractivity contribution is 7.89. The van der Waals surface area contributed by atoms with Crippen LogP contribution in [0, 0.1) is 24.7 Å². The minimum absolute atomic E-state index is 0.0941. The highest BCUT2D eigenvalue weighted by atomic mass is 32.2. The van der Waals surface area contributed by atoms with Gasteiger partial charge in [0.2, 0.25) is 10.0 Å². The monoisotopic (exact) mass is 440 g/mol. The maximum atomic E-state index is 13.0. The van der Waals surface area contributed by atoms with Crippen molar-refractivity contribution in [2.24, 2.45) is 17.8 Å². The third-order valence-electron chi connectivity index (χ3n) is 7.22. The maximum Gasteiger partial charge on any atom is 0.271 e. The van der Waals surface area contributed by atoms with Crippen LogP contribution in [-0.2, 0) is 10.0 Å². The van der Waals surface area contributed by atoms with Crippen LogP contribution in [0.3, 0.4) is 0 Å². The van der Waals surface area contributed by atoms with Gasteiger partial charge in [0, 0.05) is 17.8 Å². The van der Waals surface area contributed by atoms with E-state index in [9.17, 15) is 13.2 Å². The summed E-state index contributed by atoms with van der Waals surface area (Å²) < 4.78 is 29.1. The Bertz CT molecular complexity index is 1090. The Morgan fingerprint density at radius 2 is 1.77 bits per heavy atom. The number of aromatic nitrogens is 2. The SMILES string of the molecule is Cc1cncc(C(=O)NC2CC3CC4CC(NS(=O)(=O)c5ccccc5)(C3)CC4C2)n1. The summed E-state index contributed by atoms with van der Waals surface area (Å²) in [4.78, 5) is 21.4. The van der Waals surface area contributed by atoms with E-state index in [0.717, 1.165) is 44.2 Å². The lowest BCUT2D eigenvalue weighted by molar-refractivity contribution is 0.0915. The molecule has 164 valence electrons. The number of nitrogens with one attached hydrogen (secondary N) is 2. The Labute approximate surface area is 183 Å². The summed E-state index contributed by atoms with van der Waals surface area (Å²) in [5.74, 6) is 1.16. The Morgan fingerprint density at radius 3 is 2.52 bits per heavy atom. The molecule has 5 rings (SSSR count). The Kier molecular flexibility index (Phi) is 5.09. The second-order valence-electron chi connectivity index (χ2n) is 9.62. The summed E-state index contributed by atoms with van der Waals surface area (Å²) in [6, 6.07) is 8.72. The van der Waals surface area contributed by atoms with Crippen molar-refractivity contribution in [3.8, 4) is 0 Å². The van der Waals surface area contributed by atoms with E-state index in [-0.39, 0.29) is 17.5 Å². The van der Waals surface area contributed by atoms with Crippen LogP contribution in [-0.4, -0.2) is 35.9 Å². The summed E-state index contributed by atoms with van der Waals surface area (Å²) in [5, 5.41) is 3.18. The number of hydrogen-bond donors (Lipinski definition) is 2. The molecule has 3 fully saturated rings. The van der Waals surface area contributed by atoms with Crippen LogP contribution in [0.15, 0.2) is 47.6 Å². The predicted molar refractivity (Wildman–Crippen MR) is 116 cm³/mol. The van der Waals surface area contributed by atoms with Gasteiger partial charge in [-0.1, -0.05) is 18.2 Å². The van der Waals surface area contributed by atoms with Crippen LogP contribution >= 0.6 is 0 Å². The van der Waals surface area contributed by atoms with Crippen molar-refractivity contribution in [1.82, 2.24) is 20.0 Å². The summed E-state index contributed by atoms with van der Waals surface area (Å²) in [7, 11) is -3.54. The van der Waals surface area contributed by atoms with Crippen molar-refractivity contribution in [3.63, 3.8) is 0 Å². The molecule has 1 aromatic heterocycles. The number of sulfonamides is 1. The molecule has 1 amide bonds. The van der Waals surface area contributed by atoms with Gasteiger partial charge in [-0.3, -0.25) is 9.78 Å². The molecule has 7 nitrogen and oxygen atoms in total. The molecule has 2 N–H and O–H groups in total. The largest absolute Gasteiger partial charge is 0.348 e. The molecule has 1 heterocycles. The van der Waals surface area contributed by atoms with Gasteiger partial charge in [-0.05, 0) is 75.3 Å². The minimum atomic E-state index is -3.54. The smallest absolute Gasteiger partial charge is 0.271 e. The highest BCUT2D eigenvalue weighted by Gasteiger charge is 2.54. The molecule has 1 aromatic carbocycles. The number of aryl methyl sites for hydroxylation is 1. The van der Waals surface area contributed by atoms with E-state index in [1.807, 2.05) is 13.0 Å². The Hall–Kier alpha value is -2.32. The third kappa shape index (κ3) is 4.11. The molecule has 2 aromatic rings. The Balaban J connectivity index is 1.30. The lowest BCUT2D eigenvalue weighted by Crippen LogP contribution is -2.50. The van der Waals surface area contributed by atoms with Crippen LogP contribution in [0.25, 0.3) is 0 Å². The van der Waals surface area contributed by atoms with Crippen molar-refractivity contribution < 1.29 is 13.2 Å². The zero-order valence-corrected chi connectivity index (χ0v) is 18.4. The number of nitrogens with zero attached hydrogens (tertiary/aromatic N) is 2. The van der Waals surface area contributed by atoms with E-state index < -0.39 is 10.0 Å². The quantitative estimate of drug-likeness (QED) is 0.745. The van der Waals surface area contributed by atoms with E-state index in [2.05, 4.69) is 20.0 Å². The fourth-order valence-corrected chi connectivity index (χ4v) is 7.72. The highest BCUT2D eigenvalue weighted by Crippen LogP contribution is 2.55. The minimum Gasteiger partial charge on any atom is -0.348 e. The van der Waals surface area contributed by atoms with Crippen LogP contribution < -0.4 is 10.0 Å². The summed E-state index contributed by atoms with van der Waals surface area (Å²) in [6.07, 6.45) is 8.60. The summed E-state index contributed by atoms with van der Waals surface area (Å²) >= 11 is 0. The van der Waals surface area contributed by atoms with Crippen molar-refractivity contribution in [1.29, 1.82) is 0 Å². The molecule has 3 aliphatic rings. The zero-order chi connectivity index (χ0) is 21.6. The molecule has 0 aliphatic heterocycles. The summed E-state index contributed by atoms with van der Waals surface area (Å²) in [6.45, 7) is 1.82. The van der Waals surface area contributed by atoms with E-state index in [0.29, 0.717) is 28.3 Å². The van der Waals surface area contributed by atoms with E-state index in [4.69, 9.17) is 0 Å². The molecule has 0 spiro atoms. The average Bonchev–Trinajstić information content (AvgIpc) is 2.89. The van der Waals surface area contributed by atoms with Gasteiger partial charge < -0.3 is 5.32 Å². The van der Waals surface area contributed by atoms with Gasteiger partial charge >= 0.3 is 0 Å². The van der Waals surface area contributed by atoms with Gasteiger partial charge in [0.25, 0.3) is 5.91 Å². The molecule has 0 saturated heterocycles. The van der Waals surface area contributed by atoms with Gasteiger partial charge in [-0.25, -0.2) is 18.1 Å². The molecule has 3 bridgehead atoms. The molecule has 0 radical (unpaired) electrons. The van der Waals surface area contributed by atoms with Crippen LogP contribution in [0.5, 0.6) is 0 Å². The van der Waals surface area contributed by atoms with Crippen molar-refractivity contribution in [2.45, 2.75) is 61.9 Å². The topological polar surface area (TPSA) is 101 Å². The lowest BCUT2D eigenvalue weighted by Gasteiger charge is -2.39. The number of fused-ring (bicyclic) bond motifs is 2. The number of benzene rings is 1. The molecule has 5 atom stereocenters. The van der Waals surface area contributed by atoms with Crippen molar-refractivity contribution in [3.05, 3.63) is 54.1 Å². The fourth-order valence-electron chi connectivity index (χ4n) is 6.27. The molecule has 8 heteroatoms.